The van der Waals surface area contributed by atoms with Crippen LogP contribution in [0.25, 0.3) is 0 Å². The molecule has 60 valence electrons. The molecule has 1 heterocycles. The van der Waals surface area contributed by atoms with Crippen LogP contribution in [0.3, 0.4) is 0 Å². The number of hydrogen-bond donors (Lipinski definition) is 1. The Morgan fingerprint density at radius 3 is 1.56 bits per heavy atom. The third kappa shape index (κ3) is 4.88. The van der Waals surface area contributed by atoms with Gasteiger partial charge >= 0.3 is 54.1 Å². The van der Waals surface area contributed by atoms with Crippen LogP contribution in [-0.2, 0) is 6.20 Å². The molecule has 0 amide bonds. The molecular formula is C2H8Cl3NO2Te. The Morgan fingerprint density at radius 2 is 1.44 bits per heavy atom. The van der Waals surface area contributed by atoms with Crippen LogP contribution in [0.5, 0.6) is 0 Å². The molecule has 1 aliphatic heterocycles. The van der Waals surface area contributed by atoms with Crippen molar-refractivity contribution in [2.24, 2.45) is 0 Å². The van der Waals surface area contributed by atoms with Crippen LogP contribution in [0.4, 0.5) is 0 Å². The van der Waals surface area contributed by atoms with E-state index in [0.717, 1.165) is 0 Å². The van der Waals surface area contributed by atoms with Crippen molar-refractivity contribution in [3.63, 3.8) is 0 Å². The molecule has 3 N–H and O–H groups in total. The van der Waals surface area contributed by atoms with Gasteiger partial charge in [-0.1, -0.05) is 0 Å². The first-order chi connectivity index (χ1) is 3.21. The molecule has 3 nitrogen and oxygen atoms in total. The van der Waals surface area contributed by atoms with E-state index in [1.807, 2.05) is 0 Å². The molecule has 0 aliphatic carbocycles. The molecule has 0 radical (unpaired) electrons. The average molecular weight is 312 g/mol. The maximum absolute atomic E-state index is 5.48. The Labute approximate surface area is 72.3 Å². The van der Waals surface area contributed by atoms with E-state index in [-0.39, 0.29) is 18.6 Å². The maximum atomic E-state index is 5.48. The van der Waals surface area contributed by atoms with Crippen molar-refractivity contribution < 1.29 is 6.20 Å². The van der Waals surface area contributed by atoms with Crippen molar-refractivity contribution >= 4 is 47.1 Å². The second-order valence-electron chi connectivity index (χ2n) is 1.02. The van der Waals surface area contributed by atoms with Crippen LogP contribution in [0, 0.1) is 0 Å². The smallest absolute Gasteiger partial charge is 0.344 e. The van der Waals surface area contributed by atoms with Gasteiger partial charge in [0.1, 0.15) is 0 Å². The largest absolute Gasteiger partial charge is 0.344 e. The first-order valence-corrected chi connectivity index (χ1v) is 9.52. The second kappa shape index (κ2) is 5.22. The molecule has 0 saturated carbocycles. The van der Waals surface area contributed by atoms with Gasteiger partial charge in [-0.05, 0) is 0 Å². The molecule has 9 heavy (non-hydrogen) atoms. The van der Waals surface area contributed by atoms with Gasteiger partial charge in [-0.2, -0.15) is 0 Å². The summed E-state index contributed by atoms with van der Waals surface area (Å²) in [5.74, 6) is 0. The Balaban J connectivity index is 0. The predicted molar refractivity (Wildman–Crippen MR) is 41.6 cm³/mol. The molecule has 0 bridgehead atoms. The van der Waals surface area contributed by atoms with Crippen molar-refractivity contribution in [1.82, 2.24) is 6.15 Å². The first-order valence-electron chi connectivity index (χ1n) is 1.72. The van der Waals surface area contributed by atoms with Gasteiger partial charge < -0.3 is 6.15 Å². The molecular weight excluding hydrogens is 304 g/mol. The van der Waals surface area contributed by atoms with Gasteiger partial charge in [0.15, 0.2) is 0 Å². The summed E-state index contributed by atoms with van der Waals surface area (Å²) < 4.78 is 9.68. The predicted octanol–water partition coefficient (Wildman–Crippen LogP) is 1.53. The summed E-state index contributed by atoms with van der Waals surface area (Å²) in [6, 6.07) is 0. The fourth-order valence-corrected chi connectivity index (χ4v) is 3.68. The van der Waals surface area contributed by atoms with Crippen LogP contribution < -0.4 is 6.15 Å². The summed E-state index contributed by atoms with van der Waals surface area (Å²) in [5.41, 5.74) is 0. The normalized spacial score (nSPS) is 25.6. The molecule has 0 spiro atoms. The van der Waals surface area contributed by atoms with E-state index >= 15 is 0 Å². The van der Waals surface area contributed by atoms with Crippen LogP contribution in [0.15, 0.2) is 0 Å². The molecule has 0 unspecified atom stereocenters. The number of halogens is 3. The van der Waals surface area contributed by atoms with Crippen LogP contribution in [0.1, 0.15) is 0 Å². The zero-order valence-corrected chi connectivity index (χ0v) is 9.17. The third-order valence-electron chi connectivity index (χ3n) is 0.524. The summed E-state index contributed by atoms with van der Waals surface area (Å²) >= 11 is -3.05. The van der Waals surface area contributed by atoms with Crippen molar-refractivity contribution in [1.29, 1.82) is 0 Å². The average Bonchev–Trinajstić information content (AvgIpc) is 1.84. The van der Waals surface area contributed by atoms with E-state index in [1.165, 1.54) is 0 Å². The van der Waals surface area contributed by atoms with Gasteiger partial charge in [-0.15, -0.1) is 12.4 Å². The summed E-state index contributed by atoms with van der Waals surface area (Å²) in [5, 5.41) is 0. The van der Waals surface area contributed by atoms with Gasteiger partial charge in [0.2, 0.25) is 0 Å². The SMILES string of the molecule is Cl.Cl[Te]1(Cl)OCCO1.N. The zero-order chi connectivity index (χ0) is 5.33. The van der Waals surface area contributed by atoms with E-state index < -0.39 is 16.8 Å². The number of hydrogen-bond acceptors (Lipinski definition) is 3. The maximum Gasteiger partial charge on any atom is -0.344 e. The summed E-state index contributed by atoms with van der Waals surface area (Å²) in [6.07, 6.45) is 0. The second-order valence-corrected chi connectivity index (χ2v) is 11.0. The molecule has 0 aromatic carbocycles. The Hall–Kier alpha value is 1.54. The van der Waals surface area contributed by atoms with Crippen molar-refractivity contribution in [2.45, 2.75) is 0 Å². The first kappa shape index (κ1) is 13.2. The van der Waals surface area contributed by atoms with Gasteiger partial charge in [-0.25, -0.2) is 0 Å². The van der Waals surface area contributed by atoms with E-state index in [0.29, 0.717) is 13.2 Å². The molecule has 0 aromatic rings. The van der Waals surface area contributed by atoms with Gasteiger partial charge in [0.05, 0.1) is 0 Å². The van der Waals surface area contributed by atoms with E-state index in [9.17, 15) is 0 Å². The fraction of sp³-hybridized carbons (Fsp3) is 1.00. The molecule has 7 heteroatoms. The zero-order valence-electron chi connectivity index (χ0n) is 4.51. The molecule has 0 atom stereocenters. The summed E-state index contributed by atoms with van der Waals surface area (Å²) in [6.45, 7) is 1.13. The molecule has 1 fully saturated rings. The topological polar surface area (TPSA) is 53.5 Å². The van der Waals surface area contributed by atoms with E-state index in [2.05, 4.69) is 0 Å². The van der Waals surface area contributed by atoms with Gasteiger partial charge in [0, 0.05) is 0 Å². The number of rotatable bonds is 0. The van der Waals surface area contributed by atoms with Crippen molar-refractivity contribution in [3.8, 4) is 0 Å². The minimum Gasteiger partial charge on any atom is -0.344 e. The Morgan fingerprint density at radius 1 is 1.11 bits per heavy atom. The third-order valence-corrected chi connectivity index (χ3v) is 5.43. The van der Waals surface area contributed by atoms with Gasteiger partial charge in [-0.3, -0.25) is 0 Å². The van der Waals surface area contributed by atoms with Crippen LogP contribution in [-0.4, -0.2) is 30.0 Å². The minimum atomic E-state index is -3.05. The van der Waals surface area contributed by atoms with Crippen molar-refractivity contribution in [3.05, 3.63) is 0 Å². The van der Waals surface area contributed by atoms with Crippen LogP contribution >= 0.6 is 30.3 Å². The summed E-state index contributed by atoms with van der Waals surface area (Å²) in [4.78, 5) is 0. The molecule has 1 saturated heterocycles. The Bertz CT molecular complexity index is 74.2. The molecule has 0 aromatic heterocycles. The minimum absolute atomic E-state index is 0. The van der Waals surface area contributed by atoms with E-state index in [4.69, 9.17) is 24.1 Å². The van der Waals surface area contributed by atoms with Gasteiger partial charge in [0.25, 0.3) is 0 Å². The monoisotopic (exact) mass is 313 g/mol. The fourth-order valence-electron chi connectivity index (χ4n) is 0.296. The quantitative estimate of drug-likeness (QED) is 0.690. The van der Waals surface area contributed by atoms with E-state index in [1.54, 1.807) is 0 Å². The molecule has 1 aliphatic rings. The van der Waals surface area contributed by atoms with Crippen molar-refractivity contribution in [2.75, 3.05) is 13.2 Å². The van der Waals surface area contributed by atoms with Crippen LogP contribution in [0.2, 0.25) is 0 Å². The standard InChI is InChI=1S/C2H4Cl2O2Te.ClH.H3N/c3-7(4)5-1-2-6-7;;/h1-2H2;1H;1H3. The Kier molecular flexibility index (Phi) is 7.63. The molecule has 1 rings (SSSR count). The summed E-state index contributed by atoms with van der Waals surface area (Å²) in [7, 11) is 11.0.